The summed E-state index contributed by atoms with van der Waals surface area (Å²) in [5.74, 6) is 1.23. The van der Waals surface area contributed by atoms with Crippen molar-refractivity contribution in [2.24, 2.45) is 0 Å². The number of rotatable bonds is 2. The van der Waals surface area contributed by atoms with Crippen LogP contribution >= 0.6 is 0 Å². The molecule has 3 saturated heterocycles. The lowest BCUT2D eigenvalue weighted by atomic mass is 9.99. The van der Waals surface area contributed by atoms with Crippen molar-refractivity contribution < 1.29 is 24.2 Å². The number of piperidine rings is 1. The largest absolute Gasteiger partial charge is 0.496 e. The number of hydrogen-bond donors (Lipinski definition) is 1. The third-order valence-electron chi connectivity index (χ3n) is 5.13. The molecule has 0 aromatic heterocycles. The number of hydrogen-bond acceptors (Lipinski definition) is 6. The van der Waals surface area contributed by atoms with Gasteiger partial charge in [-0.2, -0.15) is 0 Å². The Morgan fingerprint density at radius 3 is 2.65 bits per heavy atom. The fourth-order valence-corrected chi connectivity index (χ4v) is 3.79. The van der Waals surface area contributed by atoms with E-state index in [4.69, 9.17) is 19.4 Å². The van der Waals surface area contributed by atoms with Crippen LogP contribution in [0.25, 0.3) is 0 Å². The summed E-state index contributed by atoms with van der Waals surface area (Å²) in [6, 6.07) is 6.03. The van der Waals surface area contributed by atoms with Crippen LogP contribution in [0.5, 0.6) is 11.5 Å². The summed E-state index contributed by atoms with van der Waals surface area (Å²) >= 11 is 0. The van der Waals surface area contributed by atoms with Gasteiger partial charge in [0.1, 0.15) is 23.7 Å². The van der Waals surface area contributed by atoms with E-state index in [0.29, 0.717) is 29.7 Å². The molecule has 4 heterocycles. The lowest BCUT2D eigenvalue weighted by Gasteiger charge is -2.31. The van der Waals surface area contributed by atoms with Crippen molar-refractivity contribution in [3.05, 3.63) is 35.5 Å². The average molecular weight is 360 g/mol. The Kier molecular flexibility index (Phi) is 5.78. The van der Waals surface area contributed by atoms with Crippen LogP contribution in [0.4, 0.5) is 0 Å². The molecule has 0 amide bonds. The number of carbonyl (C=O) groups excluding carboxylic acids is 1. The maximum atomic E-state index is 12.9. The number of methoxy groups -OCH3 is 1. The second-order valence-electron chi connectivity index (χ2n) is 6.52. The molecule has 0 spiro atoms. The van der Waals surface area contributed by atoms with E-state index < -0.39 is 0 Å². The fraction of sp³-hybridized carbons (Fsp3) is 0.474. The van der Waals surface area contributed by atoms with E-state index in [9.17, 15) is 4.79 Å². The molecular weight excluding hydrogens is 336 g/mol. The molecule has 1 N–H and O–H groups in total. The highest BCUT2D eigenvalue weighted by molar-refractivity contribution is 6.13. The van der Waals surface area contributed by atoms with E-state index >= 15 is 0 Å². The SMILES string of the molecule is COc1cccc2c1C(=O)/C(=C/N1CCN3CCC1CC3)CO2.O=CO. The molecule has 1 aromatic carbocycles. The predicted molar refractivity (Wildman–Crippen MR) is 95.8 cm³/mol. The molecule has 140 valence electrons. The van der Waals surface area contributed by atoms with Crippen LogP contribution in [0, 0.1) is 0 Å². The number of ether oxygens (including phenoxy) is 2. The first-order valence-corrected chi connectivity index (χ1v) is 8.79. The van der Waals surface area contributed by atoms with Gasteiger partial charge in [-0.15, -0.1) is 0 Å². The minimum Gasteiger partial charge on any atom is -0.496 e. The zero-order valence-corrected chi connectivity index (χ0v) is 14.9. The molecular formula is C19H24N2O5. The number of nitrogens with zero attached hydrogens (tertiary/aromatic N) is 2. The fourth-order valence-electron chi connectivity index (χ4n) is 3.79. The molecule has 2 bridgehead atoms. The van der Waals surface area contributed by atoms with Gasteiger partial charge in [-0.1, -0.05) is 6.07 Å². The highest BCUT2D eigenvalue weighted by Gasteiger charge is 2.31. The van der Waals surface area contributed by atoms with Crippen LogP contribution in [-0.2, 0) is 4.79 Å². The van der Waals surface area contributed by atoms with Crippen LogP contribution in [0.3, 0.4) is 0 Å². The second kappa shape index (κ2) is 8.23. The van der Waals surface area contributed by atoms with Crippen LogP contribution in [0.2, 0.25) is 0 Å². The molecule has 0 radical (unpaired) electrons. The van der Waals surface area contributed by atoms with E-state index in [1.165, 1.54) is 25.9 Å². The quantitative estimate of drug-likeness (QED) is 0.634. The Balaban J connectivity index is 0.000000613. The topological polar surface area (TPSA) is 79.3 Å². The van der Waals surface area contributed by atoms with Crippen LogP contribution in [0.15, 0.2) is 30.0 Å². The summed E-state index contributed by atoms with van der Waals surface area (Å²) in [5, 5.41) is 6.89. The first-order valence-electron chi connectivity index (χ1n) is 8.79. The standard InChI is InChI=1S/C18H22N2O3.CH2O2/c1-22-15-3-2-4-16-17(15)18(21)13(12-23-16)11-20-10-9-19-7-5-14(20)6-8-19;2-1-3/h2-4,11,14H,5-10,12H2,1H3;1H,(H,2,3)/b13-11+;. The molecule has 7 nitrogen and oxygen atoms in total. The highest BCUT2D eigenvalue weighted by Crippen LogP contribution is 2.34. The van der Waals surface area contributed by atoms with Crippen molar-refractivity contribution >= 4 is 12.3 Å². The van der Waals surface area contributed by atoms with Crippen molar-refractivity contribution in [3.63, 3.8) is 0 Å². The lowest BCUT2D eigenvalue weighted by Crippen LogP contribution is -2.36. The van der Waals surface area contributed by atoms with E-state index in [1.807, 2.05) is 24.4 Å². The summed E-state index contributed by atoms with van der Waals surface area (Å²) in [6.45, 7) is 4.50. The monoisotopic (exact) mass is 360 g/mol. The molecule has 5 rings (SSSR count). The van der Waals surface area contributed by atoms with Gasteiger partial charge in [0, 0.05) is 38.4 Å². The summed E-state index contributed by atoms with van der Waals surface area (Å²) in [6.07, 6.45) is 4.40. The Labute approximate surface area is 152 Å². The number of Topliss-reactive ketones (excluding diaryl/α,β-unsaturated/α-hetero) is 1. The van der Waals surface area contributed by atoms with Gasteiger partial charge in [-0.3, -0.25) is 9.59 Å². The van der Waals surface area contributed by atoms with Gasteiger partial charge < -0.3 is 24.4 Å². The lowest BCUT2D eigenvalue weighted by molar-refractivity contribution is -0.122. The summed E-state index contributed by atoms with van der Waals surface area (Å²) in [7, 11) is 1.59. The summed E-state index contributed by atoms with van der Waals surface area (Å²) < 4.78 is 11.1. The van der Waals surface area contributed by atoms with Gasteiger partial charge in [-0.05, 0) is 25.0 Å². The van der Waals surface area contributed by atoms with Crippen LogP contribution in [0.1, 0.15) is 23.2 Å². The van der Waals surface area contributed by atoms with Gasteiger partial charge >= 0.3 is 0 Å². The maximum absolute atomic E-state index is 12.9. The van der Waals surface area contributed by atoms with Gasteiger partial charge in [0.05, 0.1) is 12.7 Å². The van der Waals surface area contributed by atoms with Gasteiger partial charge in [0.2, 0.25) is 5.78 Å². The smallest absolute Gasteiger partial charge is 0.290 e. The molecule has 3 fully saturated rings. The first kappa shape index (κ1) is 18.3. The highest BCUT2D eigenvalue weighted by atomic mass is 16.5. The first-order chi connectivity index (χ1) is 12.7. The maximum Gasteiger partial charge on any atom is 0.290 e. The zero-order valence-electron chi connectivity index (χ0n) is 14.9. The molecule has 1 aromatic rings. The molecule has 26 heavy (non-hydrogen) atoms. The summed E-state index contributed by atoms with van der Waals surface area (Å²) in [5.41, 5.74) is 1.28. The zero-order chi connectivity index (χ0) is 18.5. The molecule has 4 aliphatic rings. The van der Waals surface area contributed by atoms with Crippen molar-refractivity contribution in [2.45, 2.75) is 18.9 Å². The second-order valence-corrected chi connectivity index (χ2v) is 6.52. The van der Waals surface area contributed by atoms with Crippen LogP contribution in [-0.4, -0.2) is 73.1 Å². The van der Waals surface area contributed by atoms with Crippen LogP contribution < -0.4 is 9.47 Å². The van der Waals surface area contributed by atoms with E-state index in [1.54, 1.807) is 7.11 Å². The van der Waals surface area contributed by atoms with E-state index in [-0.39, 0.29) is 12.3 Å². The molecule has 0 unspecified atom stereocenters. The number of fused-ring (bicyclic) bond motifs is 5. The molecule has 4 aliphatic heterocycles. The molecule has 7 heteroatoms. The third-order valence-corrected chi connectivity index (χ3v) is 5.13. The average Bonchev–Trinajstić information content (AvgIpc) is 2.97. The Morgan fingerprint density at radius 2 is 1.96 bits per heavy atom. The normalized spacial score (nSPS) is 25.5. The summed E-state index contributed by atoms with van der Waals surface area (Å²) in [4.78, 5) is 26.1. The number of benzene rings is 1. The van der Waals surface area contributed by atoms with Crippen molar-refractivity contribution in [1.29, 1.82) is 0 Å². The van der Waals surface area contributed by atoms with Gasteiger partial charge in [0.15, 0.2) is 0 Å². The number of carboxylic acid groups (broad SMARTS) is 1. The van der Waals surface area contributed by atoms with E-state index in [0.717, 1.165) is 18.7 Å². The molecule has 0 aliphatic carbocycles. The van der Waals surface area contributed by atoms with Gasteiger partial charge in [-0.25, -0.2) is 0 Å². The minimum atomic E-state index is -0.250. The number of carbonyl (C=O) groups is 2. The Hall–Kier alpha value is -2.54. The minimum absolute atomic E-state index is 0.0304. The Morgan fingerprint density at radius 1 is 1.23 bits per heavy atom. The molecule has 0 atom stereocenters. The van der Waals surface area contributed by atoms with Crippen molar-refractivity contribution in [1.82, 2.24) is 9.80 Å². The predicted octanol–water partition coefficient (Wildman–Crippen LogP) is 1.64. The van der Waals surface area contributed by atoms with Crippen molar-refractivity contribution in [3.8, 4) is 11.5 Å². The van der Waals surface area contributed by atoms with Gasteiger partial charge in [0.25, 0.3) is 6.47 Å². The van der Waals surface area contributed by atoms with Crippen molar-refractivity contribution in [2.75, 3.05) is 39.9 Å². The third kappa shape index (κ3) is 3.67. The Bertz CT molecular complexity index is 681. The van der Waals surface area contributed by atoms with E-state index in [2.05, 4.69) is 9.80 Å². The molecule has 0 saturated carbocycles. The number of ketones is 1.